The van der Waals surface area contributed by atoms with E-state index in [4.69, 9.17) is 4.42 Å². The maximum atomic E-state index is 12.6. The molecule has 2 aromatic rings. The zero-order valence-corrected chi connectivity index (χ0v) is 10.3. The first-order valence-electron chi connectivity index (χ1n) is 4.67. The lowest BCUT2D eigenvalue weighted by atomic mass is 10.1. The minimum atomic E-state index is -4.38. The molecule has 6 heteroatoms. The van der Waals surface area contributed by atoms with Crippen molar-refractivity contribution in [3.05, 3.63) is 40.2 Å². The molecular weight excluding hydrogens is 299 g/mol. The van der Waals surface area contributed by atoms with E-state index in [0.29, 0.717) is 10.2 Å². The lowest BCUT2D eigenvalue weighted by molar-refractivity contribution is -0.137. The summed E-state index contributed by atoms with van der Waals surface area (Å²) in [5, 5.41) is 0. The van der Waals surface area contributed by atoms with E-state index in [1.165, 1.54) is 12.3 Å². The average molecular weight is 306 g/mol. The summed E-state index contributed by atoms with van der Waals surface area (Å²) in [4.78, 5) is 3.91. The average Bonchev–Trinajstić information content (AvgIpc) is 2.63. The number of aryl methyl sites for hydroxylation is 1. The van der Waals surface area contributed by atoms with Crippen LogP contribution in [0.3, 0.4) is 0 Å². The van der Waals surface area contributed by atoms with E-state index in [-0.39, 0.29) is 11.5 Å². The molecule has 0 aliphatic heterocycles. The van der Waals surface area contributed by atoms with Crippen LogP contribution >= 0.6 is 15.9 Å². The highest BCUT2D eigenvalue weighted by Gasteiger charge is 2.31. The second-order valence-electron chi connectivity index (χ2n) is 3.47. The molecule has 0 atom stereocenters. The van der Waals surface area contributed by atoms with Crippen molar-refractivity contribution in [2.45, 2.75) is 13.1 Å². The van der Waals surface area contributed by atoms with E-state index in [0.717, 1.165) is 12.1 Å². The van der Waals surface area contributed by atoms with Crippen molar-refractivity contribution >= 4 is 15.9 Å². The first-order valence-corrected chi connectivity index (χ1v) is 5.47. The summed E-state index contributed by atoms with van der Waals surface area (Å²) in [5.74, 6) is 0.713. The standard InChI is InChI=1S/C11H7BrF3NO/c1-6-5-16-10(17-6)8-4-7(11(13,14)15)2-3-9(8)12/h2-5H,1H3. The molecular formula is C11H7BrF3NO. The molecule has 0 spiro atoms. The van der Waals surface area contributed by atoms with Crippen molar-refractivity contribution in [3.8, 4) is 11.5 Å². The smallest absolute Gasteiger partial charge is 0.416 e. The number of alkyl halides is 3. The van der Waals surface area contributed by atoms with E-state index in [2.05, 4.69) is 20.9 Å². The van der Waals surface area contributed by atoms with Gasteiger partial charge in [-0.3, -0.25) is 0 Å². The largest absolute Gasteiger partial charge is 0.441 e. The third kappa shape index (κ3) is 2.52. The van der Waals surface area contributed by atoms with Gasteiger partial charge in [0.1, 0.15) is 5.76 Å². The Bertz CT molecular complexity index is 548. The fourth-order valence-electron chi connectivity index (χ4n) is 1.34. The first-order chi connectivity index (χ1) is 7.88. The zero-order chi connectivity index (χ0) is 12.6. The fourth-order valence-corrected chi connectivity index (χ4v) is 1.76. The summed E-state index contributed by atoms with van der Waals surface area (Å²) in [6.07, 6.45) is -2.92. The Hall–Kier alpha value is -1.30. The van der Waals surface area contributed by atoms with Gasteiger partial charge in [-0.05, 0) is 41.1 Å². The third-order valence-electron chi connectivity index (χ3n) is 2.15. The summed E-state index contributed by atoms with van der Waals surface area (Å²) in [6.45, 7) is 1.68. The van der Waals surface area contributed by atoms with Crippen LogP contribution in [0, 0.1) is 6.92 Å². The number of hydrogen-bond donors (Lipinski definition) is 0. The quantitative estimate of drug-likeness (QED) is 0.779. The van der Waals surface area contributed by atoms with Crippen molar-refractivity contribution in [1.82, 2.24) is 4.98 Å². The maximum absolute atomic E-state index is 12.6. The molecule has 0 aliphatic rings. The summed E-state index contributed by atoms with van der Waals surface area (Å²) in [7, 11) is 0. The molecule has 1 aromatic carbocycles. The van der Waals surface area contributed by atoms with Crippen LogP contribution in [0.2, 0.25) is 0 Å². The summed E-state index contributed by atoms with van der Waals surface area (Å²) >= 11 is 3.18. The van der Waals surface area contributed by atoms with Crippen molar-refractivity contribution in [3.63, 3.8) is 0 Å². The fraction of sp³-hybridized carbons (Fsp3) is 0.182. The SMILES string of the molecule is Cc1cnc(-c2cc(C(F)(F)F)ccc2Br)o1. The van der Waals surface area contributed by atoms with Crippen LogP contribution < -0.4 is 0 Å². The first kappa shape index (κ1) is 12.2. The Morgan fingerprint density at radius 1 is 1.29 bits per heavy atom. The molecule has 0 unspecified atom stereocenters. The summed E-state index contributed by atoms with van der Waals surface area (Å²) in [5.41, 5.74) is -0.445. The Morgan fingerprint density at radius 3 is 2.53 bits per heavy atom. The normalized spacial score (nSPS) is 11.8. The number of hydrogen-bond acceptors (Lipinski definition) is 2. The van der Waals surface area contributed by atoms with E-state index in [1.54, 1.807) is 6.92 Å². The van der Waals surface area contributed by atoms with E-state index < -0.39 is 11.7 Å². The second kappa shape index (κ2) is 4.18. The van der Waals surface area contributed by atoms with Crippen LogP contribution in [0.15, 0.2) is 33.3 Å². The van der Waals surface area contributed by atoms with Gasteiger partial charge in [0.25, 0.3) is 0 Å². The molecule has 0 amide bonds. The number of benzene rings is 1. The lowest BCUT2D eigenvalue weighted by Gasteiger charge is -2.08. The zero-order valence-electron chi connectivity index (χ0n) is 8.68. The predicted molar refractivity (Wildman–Crippen MR) is 59.4 cm³/mol. The minimum absolute atomic E-state index is 0.167. The van der Waals surface area contributed by atoms with Crippen LogP contribution in [-0.4, -0.2) is 4.98 Å². The second-order valence-corrected chi connectivity index (χ2v) is 4.32. The Morgan fingerprint density at radius 2 is 2.00 bits per heavy atom. The molecule has 1 aromatic heterocycles. The van der Waals surface area contributed by atoms with Gasteiger partial charge < -0.3 is 4.42 Å². The van der Waals surface area contributed by atoms with Crippen LogP contribution in [0.1, 0.15) is 11.3 Å². The van der Waals surface area contributed by atoms with Gasteiger partial charge in [-0.15, -0.1) is 0 Å². The molecule has 17 heavy (non-hydrogen) atoms. The van der Waals surface area contributed by atoms with E-state index in [1.807, 2.05) is 0 Å². The van der Waals surface area contributed by atoms with Gasteiger partial charge >= 0.3 is 6.18 Å². The number of aromatic nitrogens is 1. The van der Waals surface area contributed by atoms with Gasteiger partial charge in [0.15, 0.2) is 0 Å². The van der Waals surface area contributed by atoms with Gasteiger partial charge in [-0.1, -0.05) is 0 Å². The topological polar surface area (TPSA) is 26.0 Å². The van der Waals surface area contributed by atoms with Gasteiger partial charge in [-0.25, -0.2) is 4.98 Å². The van der Waals surface area contributed by atoms with Crippen LogP contribution in [0.25, 0.3) is 11.5 Å². The Balaban J connectivity index is 2.54. The van der Waals surface area contributed by atoms with Crippen molar-refractivity contribution in [2.75, 3.05) is 0 Å². The van der Waals surface area contributed by atoms with Crippen molar-refractivity contribution in [1.29, 1.82) is 0 Å². The van der Waals surface area contributed by atoms with Crippen molar-refractivity contribution in [2.24, 2.45) is 0 Å². The molecule has 0 aliphatic carbocycles. The molecule has 2 rings (SSSR count). The number of rotatable bonds is 1. The van der Waals surface area contributed by atoms with Crippen LogP contribution in [0.4, 0.5) is 13.2 Å². The molecule has 0 bridgehead atoms. The Labute approximate surface area is 104 Å². The molecule has 0 N–H and O–H groups in total. The van der Waals surface area contributed by atoms with E-state index >= 15 is 0 Å². The number of nitrogens with zero attached hydrogens (tertiary/aromatic N) is 1. The van der Waals surface area contributed by atoms with Crippen molar-refractivity contribution < 1.29 is 17.6 Å². The Kier molecular flexibility index (Phi) is 2.99. The number of halogens is 4. The molecule has 2 nitrogen and oxygen atoms in total. The van der Waals surface area contributed by atoms with Crippen LogP contribution in [-0.2, 0) is 6.18 Å². The minimum Gasteiger partial charge on any atom is -0.441 e. The molecule has 1 heterocycles. The maximum Gasteiger partial charge on any atom is 0.416 e. The molecule has 90 valence electrons. The highest BCUT2D eigenvalue weighted by atomic mass is 79.9. The predicted octanol–water partition coefficient (Wildman–Crippen LogP) is 4.43. The number of oxazole rings is 1. The molecule has 0 saturated heterocycles. The highest BCUT2D eigenvalue weighted by molar-refractivity contribution is 9.10. The molecule has 0 fully saturated rings. The van der Waals surface area contributed by atoms with E-state index in [9.17, 15) is 13.2 Å². The molecule has 0 saturated carbocycles. The highest BCUT2D eigenvalue weighted by Crippen LogP contribution is 2.35. The van der Waals surface area contributed by atoms with Gasteiger partial charge in [0.05, 0.1) is 17.3 Å². The lowest BCUT2D eigenvalue weighted by Crippen LogP contribution is -2.04. The van der Waals surface area contributed by atoms with Gasteiger partial charge in [-0.2, -0.15) is 13.2 Å². The summed E-state index contributed by atoms with van der Waals surface area (Å²) in [6, 6.07) is 3.34. The monoisotopic (exact) mass is 305 g/mol. The third-order valence-corrected chi connectivity index (χ3v) is 2.84. The summed E-state index contributed by atoms with van der Waals surface area (Å²) < 4.78 is 43.4. The molecule has 0 radical (unpaired) electrons. The van der Waals surface area contributed by atoms with Crippen LogP contribution in [0.5, 0.6) is 0 Å². The van der Waals surface area contributed by atoms with Gasteiger partial charge in [0.2, 0.25) is 5.89 Å². The van der Waals surface area contributed by atoms with Gasteiger partial charge in [0, 0.05) is 4.47 Å².